The van der Waals surface area contributed by atoms with Gasteiger partial charge in [-0.25, -0.2) is 4.98 Å². The van der Waals surface area contributed by atoms with Crippen molar-refractivity contribution in [3.05, 3.63) is 41.4 Å². The van der Waals surface area contributed by atoms with E-state index in [0.29, 0.717) is 19.0 Å². The summed E-state index contributed by atoms with van der Waals surface area (Å²) in [5.74, 6) is 1.28. The summed E-state index contributed by atoms with van der Waals surface area (Å²) in [6, 6.07) is 7.97. The van der Waals surface area contributed by atoms with E-state index in [9.17, 15) is 4.79 Å². The minimum absolute atomic E-state index is 0.0433. The molecule has 1 aromatic heterocycles. The number of rotatable bonds is 5. The first kappa shape index (κ1) is 16.8. The third-order valence-corrected chi connectivity index (χ3v) is 5.06. The minimum atomic E-state index is 0.0433. The lowest BCUT2D eigenvalue weighted by Crippen LogP contribution is -2.50. The molecule has 1 aliphatic heterocycles. The van der Waals surface area contributed by atoms with Gasteiger partial charge in [0.05, 0.1) is 0 Å². The number of ether oxygens (including phenoxy) is 1. The van der Waals surface area contributed by atoms with E-state index < -0.39 is 0 Å². The monoisotopic (exact) mass is 345 g/mol. The summed E-state index contributed by atoms with van der Waals surface area (Å²) in [5.41, 5.74) is 1.27. The summed E-state index contributed by atoms with van der Waals surface area (Å²) >= 11 is 1.64. The number of nitrogens with zero attached hydrogens (tertiary/aromatic N) is 3. The second kappa shape index (κ2) is 7.66. The molecule has 0 bridgehead atoms. The zero-order valence-corrected chi connectivity index (χ0v) is 15.0. The molecule has 6 heteroatoms. The summed E-state index contributed by atoms with van der Waals surface area (Å²) in [5, 5.41) is 3.01. The third-order valence-electron chi connectivity index (χ3n) is 4.23. The number of aromatic nitrogens is 1. The van der Waals surface area contributed by atoms with Gasteiger partial charge >= 0.3 is 0 Å². The van der Waals surface area contributed by atoms with E-state index in [1.807, 2.05) is 28.6 Å². The average molecular weight is 345 g/mol. The fourth-order valence-corrected chi connectivity index (χ4v) is 3.40. The molecule has 2 aromatic rings. The second-order valence-corrected chi connectivity index (χ2v) is 7.07. The van der Waals surface area contributed by atoms with Crippen molar-refractivity contribution in [2.24, 2.45) is 0 Å². The Morgan fingerprint density at radius 2 is 1.92 bits per heavy atom. The number of anilines is 1. The van der Waals surface area contributed by atoms with Gasteiger partial charge in [-0.2, -0.15) is 0 Å². The fraction of sp³-hybridized carbons (Fsp3) is 0.444. The van der Waals surface area contributed by atoms with Gasteiger partial charge in [-0.1, -0.05) is 26.0 Å². The first-order valence-corrected chi connectivity index (χ1v) is 9.16. The van der Waals surface area contributed by atoms with E-state index in [-0.39, 0.29) is 12.5 Å². The van der Waals surface area contributed by atoms with Crippen molar-refractivity contribution in [2.75, 3.05) is 37.7 Å². The van der Waals surface area contributed by atoms with Crippen molar-refractivity contribution < 1.29 is 9.53 Å². The molecule has 5 nitrogen and oxygen atoms in total. The minimum Gasteiger partial charge on any atom is -0.484 e. The Morgan fingerprint density at radius 3 is 2.50 bits per heavy atom. The average Bonchev–Trinajstić information content (AvgIpc) is 3.15. The highest BCUT2D eigenvalue weighted by Gasteiger charge is 2.22. The predicted molar refractivity (Wildman–Crippen MR) is 96.9 cm³/mol. The van der Waals surface area contributed by atoms with E-state index in [2.05, 4.69) is 35.9 Å². The Bertz CT molecular complexity index is 647. The van der Waals surface area contributed by atoms with Crippen LogP contribution in [0.5, 0.6) is 5.75 Å². The van der Waals surface area contributed by atoms with Crippen molar-refractivity contribution in [3.63, 3.8) is 0 Å². The number of carbonyl (C=O) groups excluding carboxylic acids is 1. The number of carbonyl (C=O) groups is 1. The molecule has 1 aliphatic rings. The number of thiazole rings is 1. The van der Waals surface area contributed by atoms with Gasteiger partial charge in [-0.15, -0.1) is 11.3 Å². The molecule has 0 N–H and O–H groups in total. The number of benzene rings is 1. The van der Waals surface area contributed by atoms with Crippen molar-refractivity contribution >= 4 is 22.4 Å². The van der Waals surface area contributed by atoms with Crippen LogP contribution >= 0.6 is 11.3 Å². The molecule has 1 saturated heterocycles. The maximum atomic E-state index is 12.3. The lowest BCUT2D eigenvalue weighted by atomic mass is 10.0. The topological polar surface area (TPSA) is 45.7 Å². The van der Waals surface area contributed by atoms with E-state index >= 15 is 0 Å². The summed E-state index contributed by atoms with van der Waals surface area (Å²) in [6.45, 7) is 7.49. The van der Waals surface area contributed by atoms with Gasteiger partial charge < -0.3 is 14.5 Å². The molecule has 0 atom stereocenters. The molecular weight excluding hydrogens is 322 g/mol. The van der Waals surface area contributed by atoms with Gasteiger partial charge in [0.25, 0.3) is 5.91 Å². The molecule has 1 fully saturated rings. The van der Waals surface area contributed by atoms with Gasteiger partial charge in [0, 0.05) is 37.8 Å². The molecule has 1 aromatic carbocycles. The first-order chi connectivity index (χ1) is 11.6. The third kappa shape index (κ3) is 4.06. The molecule has 3 rings (SSSR count). The molecular formula is C18H23N3O2S. The standard InChI is InChI=1S/C18H23N3O2S/c1-14(2)15-3-5-16(6-4-15)23-13-17(22)20-8-10-21(11-9-20)18-19-7-12-24-18/h3-7,12,14H,8-11,13H2,1-2H3. The molecule has 0 aliphatic carbocycles. The highest BCUT2D eigenvalue weighted by Crippen LogP contribution is 2.20. The zero-order chi connectivity index (χ0) is 16.9. The predicted octanol–water partition coefficient (Wildman–Crippen LogP) is 2.99. The highest BCUT2D eigenvalue weighted by molar-refractivity contribution is 7.13. The summed E-state index contributed by atoms with van der Waals surface area (Å²) in [4.78, 5) is 20.7. The van der Waals surface area contributed by atoms with Crippen LogP contribution in [0.25, 0.3) is 0 Å². The molecule has 0 spiro atoms. The van der Waals surface area contributed by atoms with Gasteiger partial charge in [0.1, 0.15) is 5.75 Å². The Labute approximate surface area is 146 Å². The van der Waals surface area contributed by atoms with Crippen LogP contribution in [0.15, 0.2) is 35.8 Å². The summed E-state index contributed by atoms with van der Waals surface area (Å²) < 4.78 is 5.64. The smallest absolute Gasteiger partial charge is 0.260 e. The van der Waals surface area contributed by atoms with Crippen LogP contribution in [0.2, 0.25) is 0 Å². The van der Waals surface area contributed by atoms with Crippen molar-refractivity contribution in [2.45, 2.75) is 19.8 Å². The summed E-state index contributed by atoms with van der Waals surface area (Å²) in [6.07, 6.45) is 1.82. The van der Waals surface area contributed by atoms with Crippen LogP contribution in [0.4, 0.5) is 5.13 Å². The normalized spacial score (nSPS) is 15.0. The van der Waals surface area contributed by atoms with Crippen LogP contribution in [-0.4, -0.2) is 48.6 Å². The fourth-order valence-electron chi connectivity index (χ4n) is 2.70. The number of hydrogen-bond donors (Lipinski definition) is 0. The van der Waals surface area contributed by atoms with E-state index in [4.69, 9.17) is 4.74 Å². The van der Waals surface area contributed by atoms with Crippen LogP contribution in [0.3, 0.4) is 0 Å². The van der Waals surface area contributed by atoms with E-state index in [1.54, 1.807) is 11.3 Å². The maximum Gasteiger partial charge on any atom is 0.260 e. The van der Waals surface area contributed by atoms with Gasteiger partial charge in [0.15, 0.2) is 11.7 Å². The van der Waals surface area contributed by atoms with Crippen molar-refractivity contribution in [1.29, 1.82) is 0 Å². The van der Waals surface area contributed by atoms with Crippen molar-refractivity contribution in [3.8, 4) is 5.75 Å². The molecule has 2 heterocycles. The van der Waals surface area contributed by atoms with Crippen molar-refractivity contribution in [1.82, 2.24) is 9.88 Å². The molecule has 128 valence electrons. The molecule has 0 saturated carbocycles. The Balaban J connectivity index is 1.46. The Kier molecular flexibility index (Phi) is 5.35. The van der Waals surface area contributed by atoms with Gasteiger partial charge in [-0.3, -0.25) is 4.79 Å². The lowest BCUT2D eigenvalue weighted by molar-refractivity contribution is -0.133. The molecule has 24 heavy (non-hydrogen) atoms. The first-order valence-electron chi connectivity index (χ1n) is 8.28. The SMILES string of the molecule is CC(C)c1ccc(OCC(=O)N2CCN(c3nccs3)CC2)cc1. The number of piperazine rings is 1. The largest absolute Gasteiger partial charge is 0.484 e. The number of amides is 1. The second-order valence-electron chi connectivity index (χ2n) is 6.19. The van der Waals surface area contributed by atoms with Crippen LogP contribution in [-0.2, 0) is 4.79 Å². The van der Waals surface area contributed by atoms with Crippen LogP contribution in [0, 0.1) is 0 Å². The number of hydrogen-bond acceptors (Lipinski definition) is 5. The van der Waals surface area contributed by atoms with Gasteiger partial charge in [-0.05, 0) is 23.6 Å². The molecule has 1 amide bonds. The lowest BCUT2D eigenvalue weighted by Gasteiger charge is -2.34. The van der Waals surface area contributed by atoms with Gasteiger partial charge in [0.2, 0.25) is 0 Å². The Morgan fingerprint density at radius 1 is 1.21 bits per heavy atom. The quantitative estimate of drug-likeness (QED) is 0.836. The molecule has 0 unspecified atom stereocenters. The van der Waals surface area contributed by atoms with Crippen LogP contribution < -0.4 is 9.64 Å². The summed E-state index contributed by atoms with van der Waals surface area (Å²) in [7, 11) is 0. The molecule has 0 radical (unpaired) electrons. The van der Waals surface area contributed by atoms with Crippen LogP contribution in [0.1, 0.15) is 25.3 Å². The van der Waals surface area contributed by atoms with E-state index in [0.717, 1.165) is 24.0 Å². The zero-order valence-electron chi connectivity index (χ0n) is 14.1. The highest BCUT2D eigenvalue weighted by atomic mass is 32.1. The van der Waals surface area contributed by atoms with E-state index in [1.165, 1.54) is 5.56 Å². The maximum absolute atomic E-state index is 12.3. The Hall–Kier alpha value is -2.08.